The number of rotatable bonds is 11. The third kappa shape index (κ3) is 9.57. The first-order chi connectivity index (χ1) is 8.13. The summed E-state index contributed by atoms with van der Waals surface area (Å²) >= 11 is 0. The number of hydrogen-bond acceptors (Lipinski definition) is 3. The SMILES string of the molecule is CCC(CCCN(CCOC)CC(C)C)NC. The first-order valence-electron chi connectivity index (χ1n) is 7.02. The van der Waals surface area contributed by atoms with Crippen molar-refractivity contribution in [1.82, 2.24) is 10.2 Å². The highest BCUT2D eigenvalue weighted by molar-refractivity contribution is 4.65. The molecule has 0 rings (SSSR count). The van der Waals surface area contributed by atoms with E-state index >= 15 is 0 Å². The summed E-state index contributed by atoms with van der Waals surface area (Å²) in [5.74, 6) is 0.734. The number of nitrogens with one attached hydrogen (secondary N) is 1. The van der Waals surface area contributed by atoms with Gasteiger partial charge >= 0.3 is 0 Å². The molecule has 3 nitrogen and oxygen atoms in total. The molecule has 0 heterocycles. The van der Waals surface area contributed by atoms with Crippen molar-refractivity contribution >= 4 is 0 Å². The van der Waals surface area contributed by atoms with Crippen LogP contribution in [-0.2, 0) is 4.74 Å². The van der Waals surface area contributed by atoms with Gasteiger partial charge in [-0.1, -0.05) is 20.8 Å². The third-order valence-corrected chi connectivity index (χ3v) is 3.16. The average molecular weight is 244 g/mol. The molecule has 0 saturated carbocycles. The number of ether oxygens (including phenoxy) is 1. The highest BCUT2D eigenvalue weighted by Crippen LogP contribution is 2.05. The van der Waals surface area contributed by atoms with Crippen LogP contribution in [0.4, 0.5) is 0 Å². The average Bonchev–Trinajstić information content (AvgIpc) is 2.30. The Kier molecular flexibility index (Phi) is 10.9. The molecule has 0 spiro atoms. The fourth-order valence-corrected chi connectivity index (χ4v) is 2.15. The fraction of sp³-hybridized carbons (Fsp3) is 1.00. The Balaban J connectivity index is 3.81. The summed E-state index contributed by atoms with van der Waals surface area (Å²) in [5.41, 5.74) is 0. The lowest BCUT2D eigenvalue weighted by atomic mass is 10.1. The zero-order valence-corrected chi connectivity index (χ0v) is 12.5. The zero-order chi connectivity index (χ0) is 13.1. The van der Waals surface area contributed by atoms with Gasteiger partial charge in [-0.15, -0.1) is 0 Å². The first kappa shape index (κ1) is 16.9. The van der Waals surface area contributed by atoms with Gasteiger partial charge in [0, 0.05) is 26.2 Å². The molecular weight excluding hydrogens is 212 g/mol. The second kappa shape index (κ2) is 11.0. The molecule has 1 N–H and O–H groups in total. The molecule has 3 heteroatoms. The third-order valence-electron chi connectivity index (χ3n) is 3.16. The smallest absolute Gasteiger partial charge is 0.0589 e. The van der Waals surface area contributed by atoms with Crippen LogP contribution < -0.4 is 5.32 Å². The number of hydrogen-bond donors (Lipinski definition) is 1. The molecule has 0 aliphatic heterocycles. The van der Waals surface area contributed by atoms with Gasteiger partial charge in [-0.3, -0.25) is 0 Å². The maximum atomic E-state index is 5.17. The van der Waals surface area contributed by atoms with E-state index < -0.39 is 0 Å². The quantitative estimate of drug-likeness (QED) is 0.604. The van der Waals surface area contributed by atoms with E-state index in [2.05, 4.69) is 38.0 Å². The zero-order valence-electron chi connectivity index (χ0n) is 12.5. The molecule has 0 aromatic heterocycles. The van der Waals surface area contributed by atoms with Crippen molar-refractivity contribution in [3.8, 4) is 0 Å². The van der Waals surface area contributed by atoms with Crippen molar-refractivity contribution in [2.75, 3.05) is 40.4 Å². The van der Waals surface area contributed by atoms with Crippen LogP contribution in [0.25, 0.3) is 0 Å². The van der Waals surface area contributed by atoms with Crippen LogP contribution in [0.15, 0.2) is 0 Å². The molecule has 17 heavy (non-hydrogen) atoms. The summed E-state index contributed by atoms with van der Waals surface area (Å²) in [4.78, 5) is 2.52. The van der Waals surface area contributed by atoms with E-state index in [1.807, 2.05) is 0 Å². The van der Waals surface area contributed by atoms with E-state index in [1.165, 1.54) is 32.4 Å². The summed E-state index contributed by atoms with van der Waals surface area (Å²) in [7, 11) is 3.84. The lowest BCUT2D eigenvalue weighted by molar-refractivity contribution is 0.138. The maximum Gasteiger partial charge on any atom is 0.0589 e. The fourth-order valence-electron chi connectivity index (χ4n) is 2.15. The van der Waals surface area contributed by atoms with Crippen molar-refractivity contribution in [2.24, 2.45) is 5.92 Å². The molecule has 0 aliphatic rings. The van der Waals surface area contributed by atoms with E-state index in [4.69, 9.17) is 4.74 Å². The standard InChI is InChI=1S/C14H32N2O/c1-6-14(15-4)8-7-9-16(10-11-17-5)12-13(2)3/h13-15H,6-12H2,1-5H3. The number of methoxy groups -OCH3 is 1. The van der Waals surface area contributed by atoms with E-state index in [0.717, 1.165) is 19.1 Å². The van der Waals surface area contributed by atoms with E-state index in [9.17, 15) is 0 Å². The van der Waals surface area contributed by atoms with Gasteiger partial charge in [0.25, 0.3) is 0 Å². The Hall–Kier alpha value is -0.120. The predicted octanol–water partition coefficient (Wildman–Crippen LogP) is 2.37. The van der Waals surface area contributed by atoms with Crippen LogP contribution in [0.5, 0.6) is 0 Å². The summed E-state index contributed by atoms with van der Waals surface area (Å²) in [6.45, 7) is 11.1. The minimum atomic E-state index is 0.679. The second-order valence-corrected chi connectivity index (χ2v) is 5.22. The summed E-state index contributed by atoms with van der Waals surface area (Å²) in [6, 6.07) is 0.679. The lowest BCUT2D eigenvalue weighted by Crippen LogP contribution is -2.33. The van der Waals surface area contributed by atoms with Gasteiger partial charge in [0.2, 0.25) is 0 Å². The molecule has 104 valence electrons. The van der Waals surface area contributed by atoms with Crippen LogP contribution in [0.1, 0.15) is 40.0 Å². The normalized spacial score (nSPS) is 13.6. The highest BCUT2D eigenvalue weighted by atomic mass is 16.5. The molecule has 0 aromatic carbocycles. The molecule has 0 saturated heterocycles. The molecule has 0 radical (unpaired) electrons. The monoisotopic (exact) mass is 244 g/mol. The first-order valence-corrected chi connectivity index (χ1v) is 7.02. The largest absolute Gasteiger partial charge is 0.383 e. The number of nitrogens with zero attached hydrogens (tertiary/aromatic N) is 1. The highest BCUT2D eigenvalue weighted by Gasteiger charge is 2.08. The molecule has 0 fully saturated rings. The Morgan fingerprint density at radius 3 is 2.41 bits per heavy atom. The molecule has 1 atom stereocenters. The molecular formula is C14H32N2O. The Morgan fingerprint density at radius 1 is 1.24 bits per heavy atom. The Morgan fingerprint density at radius 2 is 1.94 bits per heavy atom. The van der Waals surface area contributed by atoms with Crippen LogP contribution in [-0.4, -0.2) is 51.3 Å². The van der Waals surface area contributed by atoms with Gasteiger partial charge in [0.15, 0.2) is 0 Å². The van der Waals surface area contributed by atoms with Crippen LogP contribution in [0, 0.1) is 5.92 Å². The van der Waals surface area contributed by atoms with Crippen molar-refractivity contribution in [3.63, 3.8) is 0 Å². The summed E-state index contributed by atoms with van der Waals surface area (Å²) in [5, 5.41) is 3.37. The molecule has 0 aliphatic carbocycles. The van der Waals surface area contributed by atoms with Crippen molar-refractivity contribution in [1.29, 1.82) is 0 Å². The minimum Gasteiger partial charge on any atom is -0.383 e. The Labute approximate surface area is 108 Å². The van der Waals surface area contributed by atoms with Crippen molar-refractivity contribution in [2.45, 2.75) is 46.1 Å². The summed E-state index contributed by atoms with van der Waals surface area (Å²) in [6.07, 6.45) is 3.77. The summed E-state index contributed by atoms with van der Waals surface area (Å²) < 4.78 is 5.17. The Bertz CT molecular complexity index is 158. The van der Waals surface area contributed by atoms with Crippen LogP contribution >= 0.6 is 0 Å². The van der Waals surface area contributed by atoms with Gasteiger partial charge in [-0.25, -0.2) is 0 Å². The van der Waals surface area contributed by atoms with Crippen LogP contribution in [0.2, 0.25) is 0 Å². The van der Waals surface area contributed by atoms with E-state index in [0.29, 0.717) is 6.04 Å². The molecule has 0 bridgehead atoms. The van der Waals surface area contributed by atoms with Gasteiger partial charge in [-0.05, 0) is 38.8 Å². The predicted molar refractivity (Wildman–Crippen MR) is 75.5 cm³/mol. The second-order valence-electron chi connectivity index (χ2n) is 5.22. The lowest BCUT2D eigenvalue weighted by Gasteiger charge is -2.24. The van der Waals surface area contributed by atoms with Crippen molar-refractivity contribution in [3.05, 3.63) is 0 Å². The maximum absolute atomic E-state index is 5.17. The van der Waals surface area contributed by atoms with Gasteiger partial charge in [-0.2, -0.15) is 0 Å². The topological polar surface area (TPSA) is 24.5 Å². The molecule has 0 amide bonds. The molecule has 0 aromatic rings. The van der Waals surface area contributed by atoms with E-state index in [-0.39, 0.29) is 0 Å². The minimum absolute atomic E-state index is 0.679. The van der Waals surface area contributed by atoms with Gasteiger partial charge in [0.1, 0.15) is 0 Å². The van der Waals surface area contributed by atoms with Crippen LogP contribution in [0.3, 0.4) is 0 Å². The van der Waals surface area contributed by atoms with Gasteiger partial charge in [0.05, 0.1) is 6.61 Å². The van der Waals surface area contributed by atoms with Crippen molar-refractivity contribution < 1.29 is 4.74 Å². The molecule has 1 unspecified atom stereocenters. The van der Waals surface area contributed by atoms with Gasteiger partial charge < -0.3 is 15.0 Å². The van der Waals surface area contributed by atoms with E-state index in [1.54, 1.807) is 7.11 Å².